The Morgan fingerprint density at radius 1 is 1.32 bits per heavy atom. The summed E-state index contributed by atoms with van der Waals surface area (Å²) < 4.78 is 6.10. The molecule has 0 N–H and O–H groups in total. The topological polar surface area (TPSA) is 45.4 Å². The molecule has 0 spiro atoms. The van der Waals surface area contributed by atoms with E-state index in [1.807, 2.05) is 25.1 Å². The summed E-state index contributed by atoms with van der Waals surface area (Å²) in [5.41, 5.74) is 1.57. The Kier molecular flexibility index (Phi) is 3.36. The number of ether oxygens (including phenoxy) is 1. The standard InChI is InChI=1S/C16H20N2O/c1-15(2,3)18-14-12-8-5-6-9-13(12)16(4,19-14)10-7-11-17/h5-6,8-9H,7,10H2,1-4H3. The molecule has 2 rings (SSSR count). The number of rotatable bonds is 2. The Morgan fingerprint density at radius 2 is 2.00 bits per heavy atom. The van der Waals surface area contributed by atoms with Gasteiger partial charge in [-0.1, -0.05) is 18.2 Å². The molecule has 1 unspecified atom stereocenters. The molecule has 1 aromatic carbocycles. The lowest BCUT2D eigenvalue weighted by Gasteiger charge is -2.24. The quantitative estimate of drug-likeness (QED) is 0.808. The molecule has 1 aliphatic heterocycles. The van der Waals surface area contributed by atoms with Crippen LogP contribution in [0.25, 0.3) is 0 Å². The molecule has 0 amide bonds. The van der Waals surface area contributed by atoms with Crippen molar-refractivity contribution in [1.82, 2.24) is 0 Å². The average Bonchev–Trinajstić information content (AvgIpc) is 2.60. The van der Waals surface area contributed by atoms with Gasteiger partial charge in [0.2, 0.25) is 5.90 Å². The lowest BCUT2D eigenvalue weighted by Crippen LogP contribution is -2.23. The normalized spacial score (nSPS) is 23.8. The van der Waals surface area contributed by atoms with Gasteiger partial charge in [0.05, 0.1) is 11.6 Å². The highest BCUT2D eigenvalue weighted by Gasteiger charge is 2.40. The van der Waals surface area contributed by atoms with Gasteiger partial charge in [0, 0.05) is 24.0 Å². The number of hydrogen-bond acceptors (Lipinski definition) is 3. The van der Waals surface area contributed by atoms with Crippen molar-refractivity contribution in [2.24, 2.45) is 4.99 Å². The molecular weight excluding hydrogens is 236 g/mol. The van der Waals surface area contributed by atoms with Crippen molar-refractivity contribution in [3.05, 3.63) is 35.4 Å². The molecule has 0 saturated heterocycles. The van der Waals surface area contributed by atoms with E-state index in [9.17, 15) is 0 Å². The first-order chi connectivity index (χ1) is 8.86. The Hall–Kier alpha value is -1.82. The second-order valence-corrected chi connectivity index (χ2v) is 6.12. The van der Waals surface area contributed by atoms with Crippen molar-refractivity contribution >= 4 is 5.90 Å². The van der Waals surface area contributed by atoms with Crippen LogP contribution in [-0.4, -0.2) is 11.4 Å². The molecule has 100 valence electrons. The fraction of sp³-hybridized carbons (Fsp3) is 0.500. The van der Waals surface area contributed by atoms with E-state index in [1.54, 1.807) is 0 Å². The number of nitriles is 1. The zero-order valence-electron chi connectivity index (χ0n) is 12.0. The van der Waals surface area contributed by atoms with Crippen LogP contribution in [0.15, 0.2) is 29.3 Å². The van der Waals surface area contributed by atoms with E-state index in [1.165, 1.54) is 0 Å². The summed E-state index contributed by atoms with van der Waals surface area (Å²) >= 11 is 0. The molecule has 1 heterocycles. The van der Waals surface area contributed by atoms with Crippen LogP contribution in [0.2, 0.25) is 0 Å². The van der Waals surface area contributed by atoms with E-state index in [0.717, 1.165) is 11.1 Å². The number of aliphatic imine (C=N–C) groups is 1. The number of fused-ring (bicyclic) bond motifs is 1. The van der Waals surface area contributed by atoms with Gasteiger partial charge < -0.3 is 4.74 Å². The fourth-order valence-electron chi connectivity index (χ4n) is 2.32. The maximum absolute atomic E-state index is 8.81. The zero-order valence-corrected chi connectivity index (χ0v) is 12.0. The molecule has 0 aromatic heterocycles. The maximum atomic E-state index is 8.81. The Balaban J connectivity index is 2.45. The summed E-state index contributed by atoms with van der Waals surface area (Å²) in [6, 6.07) is 10.3. The molecule has 0 bridgehead atoms. The summed E-state index contributed by atoms with van der Waals surface area (Å²) in [7, 11) is 0. The van der Waals surface area contributed by atoms with Crippen LogP contribution >= 0.6 is 0 Å². The van der Waals surface area contributed by atoms with Crippen molar-refractivity contribution in [3.63, 3.8) is 0 Å². The number of hydrogen-bond donors (Lipinski definition) is 0. The van der Waals surface area contributed by atoms with Gasteiger partial charge in [-0.2, -0.15) is 5.26 Å². The molecule has 1 aliphatic rings. The molecule has 0 fully saturated rings. The molecule has 0 saturated carbocycles. The monoisotopic (exact) mass is 256 g/mol. The predicted octanol–water partition coefficient (Wildman–Crippen LogP) is 3.78. The second kappa shape index (κ2) is 4.70. The highest BCUT2D eigenvalue weighted by atomic mass is 16.5. The molecule has 1 aromatic rings. The largest absolute Gasteiger partial charge is 0.466 e. The van der Waals surface area contributed by atoms with Crippen molar-refractivity contribution in [2.75, 3.05) is 0 Å². The van der Waals surface area contributed by atoms with Gasteiger partial charge in [0.25, 0.3) is 0 Å². The minimum absolute atomic E-state index is 0.178. The first kappa shape index (κ1) is 13.6. The van der Waals surface area contributed by atoms with Crippen LogP contribution in [0.3, 0.4) is 0 Å². The van der Waals surface area contributed by atoms with Crippen molar-refractivity contribution in [3.8, 4) is 6.07 Å². The van der Waals surface area contributed by atoms with Gasteiger partial charge in [-0.3, -0.25) is 0 Å². The van der Waals surface area contributed by atoms with Crippen LogP contribution in [0, 0.1) is 11.3 Å². The summed E-state index contributed by atoms with van der Waals surface area (Å²) in [5.74, 6) is 0.698. The number of benzene rings is 1. The summed E-state index contributed by atoms with van der Waals surface area (Å²) in [4.78, 5) is 4.66. The van der Waals surface area contributed by atoms with E-state index in [-0.39, 0.29) is 5.54 Å². The highest BCUT2D eigenvalue weighted by molar-refractivity contribution is 5.99. The maximum Gasteiger partial charge on any atom is 0.217 e. The molecule has 19 heavy (non-hydrogen) atoms. The van der Waals surface area contributed by atoms with E-state index < -0.39 is 5.60 Å². The van der Waals surface area contributed by atoms with Crippen molar-refractivity contribution in [1.29, 1.82) is 5.26 Å². The lowest BCUT2D eigenvalue weighted by molar-refractivity contribution is 0.0790. The molecule has 3 nitrogen and oxygen atoms in total. The van der Waals surface area contributed by atoms with E-state index in [0.29, 0.717) is 18.7 Å². The first-order valence-electron chi connectivity index (χ1n) is 6.61. The van der Waals surface area contributed by atoms with Gasteiger partial charge in [-0.25, -0.2) is 4.99 Å². The van der Waals surface area contributed by atoms with Crippen LogP contribution < -0.4 is 0 Å². The second-order valence-electron chi connectivity index (χ2n) is 6.12. The smallest absolute Gasteiger partial charge is 0.217 e. The molecule has 0 radical (unpaired) electrons. The Labute approximate surface area is 114 Å². The first-order valence-corrected chi connectivity index (χ1v) is 6.61. The van der Waals surface area contributed by atoms with Crippen LogP contribution in [0.1, 0.15) is 51.7 Å². The third kappa shape index (κ3) is 2.78. The third-order valence-electron chi connectivity index (χ3n) is 3.20. The van der Waals surface area contributed by atoms with Crippen molar-refractivity contribution < 1.29 is 4.74 Å². The fourth-order valence-corrected chi connectivity index (χ4v) is 2.32. The average molecular weight is 256 g/mol. The molecular formula is C16H20N2O. The van der Waals surface area contributed by atoms with Crippen LogP contribution in [0.5, 0.6) is 0 Å². The zero-order chi connectivity index (χ0) is 14.1. The Bertz CT molecular complexity index is 549. The molecule has 3 heteroatoms. The number of nitrogens with zero attached hydrogens (tertiary/aromatic N) is 2. The highest BCUT2D eigenvalue weighted by Crippen LogP contribution is 2.40. The predicted molar refractivity (Wildman–Crippen MR) is 76.0 cm³/mol. The Morgan fingerprint density at radius 3 is 2.63 bits per heavy atom. The SMILES string of the molecule is CC(C)(C)N=C1OC(C)(CCC#N)c2ccccc21. The summed E-state index contributed by atoms with van der Waals surface area (Å²) in [5, 5.41) is 8.81. The minimum Gasteiger partial charge on any atom is -0.466 e. The van der Waals surface area contributed by atoms with Crippen LogP contribution in [0.4, 0.5) is 0 Å². The van der Waals surface area contributed by atoms with Gasteiger partial charge in [0.15, 0.2) is 0 Å². The molecule has 1 atom stereocenters. The molecule has 0 aliphatic carbocycles. The van der Waals surface area contributed by atoms with E-state index in [4.69, 9.17) is 10.00 Å². The van der Waals surface area contributed by atoms with E-state index in [2.05, 4.69) is 37.9 Å². The minimum atomic E-state index is -0.434. The summed E-state index contributed by atoms with van der Waals surface area (Å²) in [6.07, 6.45) is 1.16. The van der Waals surface area contributed by atoms with Gasteiger partial charge in [-0.15, -0.1) is 0 Å². The summed E-state index contributed by atoms with van der Waals surface area (Å²) in [6.45, 7) is 8.19. The van der Waals surface area contributed by atoms with Gasteiger partial charge in [-0.05, 0) is 33.8 Å². The lowest BCUT2D eigenvalue weighted by atomic mass is 9.90. The third-order valence-corrected chi connectivity index (χ3v) is 3.20. The van der Waals surface area contributed by atoms with Gasteiger partial charge >= 0.3 is 0 Å². The van der Waals surface area contributed by atoms with E-state index >= 15 is 0 Å². The van der Waals surface area contributed by atoms with Gasteiger partial charge in [0.1, 0.15) is 5.60 Å². The van der Waals surface area contributed by atoms with Crippen LogP contribution in [-0.2, 0) is 10.3 Å². The van der Waals surface area contributed by atoms with Crippen molar-refractivity contribution in [2.45, 2.75) is 51.7 Å².